The van der Waals surface area contributed by atoms with E-state index in [0.717, 1.165) is 44.6 Å². The number of likely N-dealkylation sites (tertiary alicyclic amines) is 1. The van der Waals surface area contributed by atoms with Gasteiger partial charge in [0.25, 0.3) is 0 Å². The molecule has 0 amide bonds. The lowest BCUT2D eigenvalue weighted by Crippen LogP contribution is -2.44. The maximum Gasteiger partial charge on any atom is 0.0769 e. The molecule has 0 bridgehead atoms. The Kier molecular flexibility index (Phi) is 4.48. The first-order valence-corrected chi connectivity index (χ1v) is 7.18. The third-order valence-electron chi connectivity index (χ3n) is 3.77. The summed E-state index contributed by atoms with van der Waals surface area (Å²) in [6.07, 6.45) is 5.05. The molecule has 1 saturated heterocycles. The zero-order chi connectivity index (χ0) is 13.0. The van der Waals surface area contributed by atoms with E-state index in [9.17, 15) is 5.11 Å². The molecule has 1 aliphatic rings. The Bertz CT molecular complexity index is 407. The largest absolute Gasteiger partial charge is 0.396 e. The lowest BCUT2D eigenvalue weighted by atomic mass is 9.78. The van der Waals surface area contributed by atoms with Gasteiger partial charge < -0.3 is 5.11 Å². The number of hydrogen-bond donors (Lipinski definition) is 1. The molecular weight excluding hydrogens is 246 g/mol. The molecule has 1 aromatic heterocycles. The predicted molar refractivity (Wildman–Crippen MR) is 73.5 cm³/mol. The van der Waals surface area contributed by atoms with Crippen LogP contribution in [0.5, 0.6) is 0 Å². The predicted octanol–water partition coefficient (Wildman–Crippen LogP) is 2.00. The summed E-state index contributed by atoms with van der Waals surface area (Å²) < 4.78 is 3.98. The molecular formula is C13H21N3OS. The summed E-state index contributed by atoms with van der Waals surface area (Å²) in [5.41, 5.74) is 1.04. The van der Waals surface area contributed by atoms with Gasteiger partial charge in [-0.15, -0.1) is 11.7 Å². The number of nitrogens with zero attached hydrogens (tertiary/aromatic N) is 3. The molecule has 0 aromatic carbocycles. The highest BCUT2D eigenvalue weighted by Gasteiger charge is 2.34. The number of rotatable bonds is 5. The number of aliphatic hydroxyl groups is 1. The van der Waals surface area contributed by atoms with Crippen molar-refractivity contribution in [2.75, 3.05) is 19.7 Å². The average Bonchev–Trinajstić information content (AvgIpc) is 2.76. The van der Waals surface area contributed by atoms with E-state index in [0.29, 0.717) is 0 Å². The molecule has 1 aromatic rings. The molecule has 18 heavy (non-hydrogen) atoms. The van der Waals surface area contributed by atoms with E-state index in [2.05, 4.69) is 21.1 Å². The monoisotopic (exact) mass is 267 g/mol. The first-order valence-electron chi connectivity index (χ1n) is 6.41. The quantitative estimate of drug-likeness (QED) is 0.829. The van der Waals surface area contributed by atoms with Crippen LogP contribution in [0.2, 0.25) is 0 Å². The molecule has 0 radical (unpaired) electrons. The molecule has 100 valence electrons. The smallest absolute Gasteiger partial charge is 0.0769 e. The van der Waals surface area contributed by atoms with Gasteiger partial charge >= 0.3 is 0 Å². The molecule has 0 spiro atoms. The molecule has 1 N–H and O–H groups in total. The topological polar surface area (TPSA) is 49.2 Å². The van der Waals surface area contributed by atoms with Crippen LogP contribution in [-0.4, -0.2) is 39.3 Å². The average molecular weight is 267 g/mol. The fraction of sp³-hybridized carbons (Fsp3) is 0.692. The number of piperidine rings is 1. The van der Waals surface area contributed by atoms with E-state index in [1.165, 1.54) is 16.4 Å². The van der Waals surface area contributed by atoms with Crippen LogP contribution in [0.4, 0.5) is 0 Å². The summed E-state index contributed by atoms with van der Waals surface area (Å²) >= 11 is 1.48. The summed E-state index contributed by atoms with van der Waals surface area (Å²) in [5.74, 6) is 0. The molecule has 2 heterocycles. The minimum atomic E-state index is 0.00597. The van der Waals surface area contributed by atoms with Gasteiger partial charge in [0, 0.05) is 18.5 Å². The molecule has 2 rings (SSSR count). The van der Waals surface area contributed by atoms with E-state index < -0.39 is 0 Å². The van der Waals surface area contributed by atoms with Gasteiger partial charge in [-0.25, -0.2) is 0 Å². The zero-order valence-electron chi connectivity index (χ0n) is 10.9. The van der Waals surface area contributed by atoms with Crippen LogP contribution in [0.1, 0.15) is 29.8 Å². The minimum absolute atomic E-state index is 0.00597. The van der Waals surface area contributed by atoms with Gasteiger partial charge in [-0.05, 0) is 44.3 Å². The molecule has 0 unspecified atom stereocenters. The van der Waals surface area contributed by atoms with E-state index >= 15 is 0 Å². The van der Waals surface area contributed by atoms with Crippen molar-refractivity contribution in [3.8, 4) is 0 Å². The van der Waals surface area contributed by atoms with Gasteiger partial charge in [-0.1, -0.05) is 10.6 Å². The standard InChI is InChI=1S/C13H21N3OS/c1-3-5-13(10-17)6-4-7-16(9-13)8-12-11(2)14-15-18-12/h3,17H,1,4-10H2,2H3/t13-/m0/s1. The van der Waals surface area contributed by atoms with Crippen LogP contribution >= 0.6 is 11.5 Å². The fourth-order valence-corrected chi connectivity index (χ4v) is 3.39. The Morgan fingerprint density at radius 3 is 3.06 bits per heavy atom. The van der Waals surface area contributed by atoms with Gasteiger partial charge in [-0.2, -0.15) is 0 Å². The van der Waals surface area contributed by atoms with Gasteiger partial charge in [0.05, 0.1) is 17.2 Å². The maximum absolute atomic E-state index is 9.67. The highest BCUT2D eigenvalue weighted by atomic mass is 32.1. The third kappa shape index (κ3) is 2.96. The van der Waals surface area contributed by atoms with Gasteiger partial charge in [0.2, 0.25) is 0 Å². The van der Waals surface area contributed by atoms with Crippen LogP contribution in [0.25, 0.3) is 0 Å². The second-order valence-corrected chi connectivity index (χ2v) is 6.09. The number of allylic oxidation sites excluding steroid dienone is 1. The Balaban J connectivity index is 2.02. The Labute approximate surface area is 112 Å². The normalized spacial score (nSPS) is 25.2. The van der Waals surface area contributed by atoms with E-state index in [1.54, 1.807) is 0 Å². The van der Waals surface area contributed by atoms with Crippen LogP contribution in [0.15, 0.2) is 12.7 Å². The first kappa shape index (κ1) is 13.6. The van der Waals surface area contributed by atoms with Crippen LogP contribution < -0.4 is 0 Å². The Hall–Kier alpha value is -0.780. The number of aromatic nitrogens is 2. The van der Waals surface area contributed by atoms with Crippen molar-refractivity contribution < 1.29 is 5.11 Å². The molecule has 1 atom stereocenters. The van der Waals surface area contributed by atoms with Crippen molar-refractivity contribution >= 4 is 11.5 Å². The highest BCUT2D eigenvalue weighted by Crippen LogP contribution is 2.34. The molecule has 5 heteroatoms. The van der Waals surface area contributed by atoms with Crippen molar-refractivity contribution in [1.29, 1.82) is 0 Å². The molecule has 1 aliphatic heterocycles. The summed E-state index contributed by atoms with van der Waals surface area (Å²) in [4.78, 5) is 3.65. The van der Waals surface area contributed by atoms with Gasteiger partial charge in [0.1, 0.15) is 0 Å². The summed E-state index contributed by atoms with van der Waals surface area (Å²) in [6, 6.07) is 0. The van der Waals surface area contributed by atoms with Crippen LogP contribution in [0.3, 0.4) is 0 Å². The number of hydrogen-bond acceptors (Lipinski definition) is 5. The van der Waals surface area contributed by atoms with Gasteiger partial charge in [-0.3, -0.25) is 4.90 Å². The van der Waals surface area contributed by atoms with E-state index in [1.807, 2.05) is 13.0 Å². The van der Waals surface area contributed by atoms with Crippen molar-refractivity contribution in [1.82, 2.24) is 14.5 Å². The maximum atomic E-state index is 9.67. The second kappa shape index (κ2) is 5.91. The summed E-state index contributed by atoms with van der Waals surface area (Å²) in [7, 11) is 0. The first-order chi connectivity index (χ1) is 8.69. The minimum Gasteiger partial charge on any atom is -0.396 e. The number of aliphatic hydroxyl groups excluding tert-OH is 1. The molecule has 4 nitrogen and oxygen atoms in total. The molecule has 0 saturated carbocycles. The Morgan fingerprint density at radius 1 is 1.61 bits per heavy atom. The summed E-state index contributed by atoms with van der Waals surface area (Å²) in [6.45, 7) is 9.00. The van der Waals surface area contributed by atoms with Crippen molar-refractivity contribution in [3.63, 3.8) is 0 Å². The van der Waals surface area contributed by atoms with Crippen molar-refractivity contribution in [3.05, 3.63) is 23.2 Å². The van der Waals surface area contributed by atoms with Crippen LogP contribution in [0, 0.1) is 12.3 Å². The van der Waals surface area contributed by atoms with Gasteiger partial charge in [0.15, 0.2) is 0 Å². The fourth-order valence-electron chi connectivity index (χ4n) is 2.71. The molecule has 0 aliphatic carbocycles. The van der Waals surface area contributed by atoms with E-state index in [4.69, 9.17) is 0 Å². The molecule has 1 fully saturated rings. The second-order valence-electron chi connectivity index (χ2n) is 5.25. The zero-order valence-corrected chi connectivity index (χ0v) is 11.7. The van der Waals surface area contributed by atoms with E-state index in [-0.39, 0.29) is 12.0 Å². The summed E-state index contributed by atoms with van der Waals surface area (Å²) in [5, 5.41) is 13.7. The lowest BCUT2D eigenvalue weighted by molar-refractivity contribution is 0.0312. The van der Waals surface area contributed by atoms with Crippen molar-refractivity contribution in [2.24, 2.45) is 5.41 Å². The van der Waals surface area contributed by atoms with Crippen molar-refractivity contribution in [2.45, 2.75) is 32.7 Å². The SMILES string of the molecule is C=CC[C@]1(CO)CCCN(Cc2snnc2C)C1. The third-order valence-corrected chi connectivity index (χ3v) is 4.57. The van der Waals surface area contributed by atoms with Crippen LogP contribution in [-0.2, 0) is 6.54 Å². The lowest BCUT2D eigenvalue weighted by Gasteiger charge is -2.41. The highest BCUT2D eigenvalue weighted by molar-refractivity contribution is 7.05. The Morgan fingerprint density at radius 2 is 2.44 bits per heavy atom. The number of aryl methyl sites for hydroxylation is 1.